The Hall–Kier alpha value is -0.880. The first-order valence-corrected chi connectivity index (χ1v) is 8.60. The molecule has 0 bridgehead atoms. The summed E-state index contributed by atoms with van der Waals surface area (Å²) < 4.78 is 23.9. The molecule has 7 heteroatoms. The summed E-state index contributed by atoms with van der Waals surface area (Å²) in [5.74, 6) is 0.464. The Bertz CT molecular complexity index is 560. The van der Waals surface area contributed by atoms with Crippen LogP contribution in [0.1, 0.15) is 38.3 Å². The van der Waals surface area contributed by atoms with Crippen LogP contribution in [0, 0.1) is 0 Å². The molecule has 0 unspecified atom stereocenters. The number of nitrogens with zero attached hydrogens (tertiary/aromatic N) is 2. The van der Waals surface area contributed by atoms with Crippen LogP contribution in [0.4, 0.5) is 5.82 Å². The van der Waals surface area contributed by atoms with Gasteiger partial charge in [0, 0.05) is 13.0 Å². The van der Waals surface area contributed by atoms with Crippen molar-refractivity contribution < 1.29 is 8.42 Å². The van der Waals surface area contributed by atoms with E-state index in [2.05, 4.69) is 22.2 Å². The zero-order chi connectivity index (χ0) is 13.9. The van der Waals surface area contributed by atoms with Gasteiger partial charge in [-0.3, -0.25) is 0 Å². The summed E-state index contributed by atoms with van der Waals surface area (Å²) >= 11 is 5.83. The van der Waals surface area contributed by atoms with E-state index >= 15 is 0 Å². The van der Waals surface area contributed by atoms with Crippen molar-refractivity contribution in [3.63, 3.8) is 0 Å². The highest BCUT2D eigenvalue weighted by molar-refractivity contribution is 7.91. The molecular weight excluding hydrogens is 286 g/mol. The molecule has 1 N–H and O–H groups in total. The van der Waals surface area contributed by atoms with Crippen molar-refractivity contribution in [2.45, 2.75) is 43.9 Å². The zero-order valence-corrected chi connectivity index (χ0v) is 12.5. The van der Waals surface area contributed by atoms with Crippen LogP contribution in [0.25, 0.3) is 0 Å². The monoisotopic (exact) mass is 303 g/mol. The summed E-state index contributed by atoms with van der Waals surface area (Å²) in [5, 5.41) is 3.19. The third-order valence-corrected chi connectivity index (χ3v) is 5.11. The van der Waals surface area contributed by atoms with Crippen molar-refractivity contribution in [3.05, 3.63) is 11.0 Å². The Morgan fingerprint density at radius 1 is 1.26 bits per heavy atom. The maximum absolute atomic E-state index is 12.0. The molecule has 19 heavy (non-hydrogen) atoms. The molecule has 0 spiro atoms. The molecule has 1 aliphatic heterocycles. The molecule has 0 amide bonds. The van der Waals surface area contributed by atoms with E-state index < -0.39 is 9.84 Å². The minimum absolute atomic E-state index is 0.0991. The summed E-state index contributed by atoms with van der Waals surface area (Å²) in [6.07, 6.45) is 4.89. The molecule has 0 saturated heterocycles. The van der Waals surface area contributed by atoms with Gasteiger partial charge in [0.2, 0.25) is 5.28 Å². The van der Waals surface area contributed by atoms with E-state index in [9.17, 15) is 8.42 Å². The second kappa shape index (κ2) is 6.05. The van der Waals surface area contributed by atoms with Crippen molar-refractivity contribution in [2.75, 3.05) is 17.6 Å². The second-order valence-corrected chi connectivity index (χ2v) is 7.06. The Kier molecular flexibility index (Phi) is 4.62. The number of nitrogens with one attached hydrogen (secondary N) is 1. The van der Waals surface area contributed by atoms with E-state index in [0.29, 0.717) is 24.5 Å². The summed E-state index contributed by atoms with van der Waals surface area (Å²) in [6, 6.07) is 0. The van der Waals surface area contributed by atoms with Gasteiger partial charge in [0.15, 0.2) is 9.84 Å². The van der Waals surface area contributed by atoms with Gasteiger partial charge in [-0.25, -0.2) is 13.4 Å². The summed E-state index contributed by atoms with van der Waals surface area (Å²) in [7, 11) is -3.25. The lowest BCUT2D eigenvalue weighted by Crippen LogP contribution is -2.10. The molecule has 0 saturated carbocycles. The van der Waals surface area contributed by atoms with Crippen molar-refractivity contribution in [1.29, 1.82) is 0 Å². The lowest BCUT2D eigenvalue weighted by Gasteiger charge is -2.09. The number of fused-ring (bicyclic) bond motifs is 1. The average Bonchev–Trinajstić information content (AvgIpc) is 2.64. The van der Waals surface area contributed by atoms with Crippen molar-refractivity contribution in [3.8, 4) is 0 Å². The number of unbranched alkanes of at least 4 members (excludes halogenated alkanes) is 3. The Morgan fingerprint density at radius 2 is 2.05 bits per heavy atom. The fourth-order valence-electron chi connectivity index (χ4n) is 2.17. The van der Waals surface area contributed by atoms with Crippen LogP contribution in [-0.2, 0) is 16.3 Å². The predicted octanol–water partition coefficient (Wildman–Crippen LogP) is 2.45. The standard InChI is InChI=1S/C12H18ClN3O2S/c1-2-3-4-5-7-14-11-10-9(15-12(13)16-11)6-8-19(10,17)18/h2-8H2,1H3,(H,14,15,16). The number of aryl methyl sites for hydroxylation is 1. The molecule has 0 atom stereocenters. The van der Waals surface area contributed by atoms with Crippen molar-refractivity contribution in [1.82, 2.24) is 9.97 Å². The number of rotatable bonds is 6. The zero-order valence-electron chi connectivity index (χ0n) is 10.9. The molecule has 2 rings (SSSR count). The maximum Gasteiger partial charge on any atom is 0.224 e. The van der Waals surface area contributed by atoms with Gasteiger partial charge in [0.25, 0.3) is 0 Å². The van der Waals surface area contributed by atoms with E-state index in [-0.39, 0.29) is 15.9 Å². The van der Waals surface area contributed by atoms with Crippen molar-refractivity contribution in [2.24, 2.45) is 0 Å². The predicted molar refractivity (Wildman–Crippen MR) is 75.4 cm³/mol. The summed E-state index contributed by atoms with van der Waals surface area (Å²) in [5.41, 5.74) is 0.538. The largest absolute Gasteiger partial charge is 0.369 e. The first kappa shape index (κ1) is 14.5. The molecule has 0 radical (unpaired) electrons. The number of halogens is 1. The lowest BCUT2D eigenvalue weighted by molar-refractivity contribution is 0.599. The number of anilines is 1. The van der Waals surface area contributed by atoms with E-state index in [1.54, 1.807) is 0 Å². The topological polar surface area (TPSA) is 72.0 Å². The van der Waals surface area contributed by atoms with Gasteiger partial charge < -0.3 is 5.32 Å². The van der Waals surface area contributed by atoms with Gasteiger partial charge in [-0.05, 0) is 18.0 Å². The molecule has 2 heterocycles. The van der Waals surface area contributed by atoms with Crippen LogP contribution >= 0.6 is 11.6 Å². The average molecular weight is 304 g/mol. The smallest absolute Gasteiger partial charge is 0.224 e. The van der Waals surface area contributed by atoms with Gasteiger partial charge in [0.1, 0.15) is 10.7 Å². The van der Waals surface area contributed by atoms with Crippen LogP contribution in [0.15, 0.2) is 4.90 Å². The van der Waals surface area contributed by atoms with Gasteiger partial charge >= 0.3 is 0 Å². The second-order valence-electron chi connectivity index (χ2n) is 4.67. The molecule has 1 aliphatic rings. The Morgan fingerprint density at radius 3 is 2.79 bits per heavy atom. The molecule has 0 aliphatic carbocycles. The number of aromatic nitrogens is 2. The van der Waals surface area contributed by atoms with Gasteiger partial charge in [-0.1, -0.05) is 26.2 Å². The molecular formula is C12H18ClN3O2S. The summed E-state index contributed by atoms with van der Waals surface area (Å²) in [6.45, 7) is 2.85. The molecule has 0 aromatic carbocycles. The van der Waals surface area contributed by atoms with Crippen LogP contribution in [0.3, 0.4) is 0 Å². The fraction of sp³-hybridized carbons (Fsp3) is 0.667. The van der Waals surface area contributed by atoms with E-state index in [1.807, 2.05) is 0 Å². The van der Waals surface area contributed by atoms with Crippen LogP contribution in [0.5, 0.6) is 0 Å². The fourth-order valence-corrected chi connectivity index (χ4v) is 3.95. The minimum atomic E-state index is -3.25. The molecule has 1 aromatic rings. The Balaban J connectivity index is 2.13. The van der Waals surface area contributed by atoms with E-state index in [4.69, 9.17) is 11.6 Å². The normalized spacial score (nSPS) is 16.3. The molecule has 5 nitrogen and oxygen atoms in total. The van der Waals surface area contributed by atoms with Crippen molar-refractivity contribution >= 4 is 27.3 Å². The Labute approximate surface area is 118 Å². The first-order valence-electron chi connectivity index (χ1n) is 6.57. The van der Waals surface area contributed by atoms with Gasteiger partial charge in [-0.15, -0.1) is 0 Å². The van der Waals surface area contributed by atoms with Crippen LogP contribution in [-0.4, -0.2) is 30.7 Å². The van der Waals surface area contributed by atoms with Crippen LogP contribution in [0.2, 0.25) is 5.28 Å². The number of hydrogen-bond donors (Lipinski definition) is 1. The molecule has 0 fully saturated rings. The first-order chi connectivity index (χ1) is 9.04. The third kappa shape index (κ3) is 3.36. The maximum atomic E-state index is 12.0. The quantitative estimate of drug-likeness (QED) is 0.645. The number of hydrogen-bond acceptors (Lipinski definition) is 5. The SMILES string of the molecule is CCCCCCNc1nc(Cl)nc2c1S(=O)(=O)CC2. The molecule has 1 aromatic heterocycles. The minimum Gasteiger partial charge on any atom is -0.369 e. The highest BCUT2D eigenvalue weighted by atomic mass is 35.5. The van der Waals surface area contributed by atoms with E-state index in [1.165, 1.54) is 12.8 Å². The van der Waals surface area contributed by atoms with Gasteiger partial charge in [-0.2, -0.15) is 4.98 Å². The highest BCUT2D eigenvalue weighted by Gasteiger charge is 2.32. The van der Waals surface area contributed by atoms with Gasteiger partial charge in [0.05, 0.1) is 11.4 Å². The lowest BCUT2D eigenvalue weighted by atomic mass is 10.2. The summed E-state index contributed by atoms with van der Waals surface area (Å²) in [4.78, 5) is 8.27. The molecule has 106 valence electrons. The van der Waals surface area contributed by atoms with E-state index in [0.717, 1.165) is 12.8 Å². The number of sulfone groups is 1. The highest BCUT2D eigenvalue weighted by Crippen LogP contribution is 2.31. The van der Waals surface area contributed by atoms with Crippen LogP contribution < -0.4 is 5.32 Å². The third-order valence-electron chi connectivity index (χ3n) is 3.15.